The molecule has 0 radical (unpaired) electrons. The van der Waals surface area contributed by atoms with Crippen molar-refractivity contribution in [3.63, 3.8) is 0 Å². The monoisotopic (exact) mass is 197 g/mol. The van der Waals surface area contributed by atoms with Crippen molar-refractivity contribution >= 4 is 0 Å². The molecule has 0 saturated carbocycles. The summed E-state index contributed by atoms with van der Waals surface area (Å²) >= 11 is 0. The molecule has 1 aliphatic heterocycles. The summed E-state index contributed by atoms with van der Waals surface area (Å²) < 4.78 is 5.59. The lowest BCUT2D eigenvalue weighted by molar-refractivity contribution is -0.0263. The van der Waals surface area contributed by atoms with Gasteiger partial charge in [0.15, 0.2) is 0 Å². The van der Waals surface area contributed by atoms with Gasteiger partial charge in [0.05, 0.1) is 18.8 Å². The summed E-state index contributed by atoms with van der Waals surface area (Å²) in [6, 6.07) is 2.17. The predicted molar refractivity (Wildman–Crippen MR) is 55.0 cm³/mol. The Balaban J connectivity index is 2.16. The lowest BCUT2D eigenvalue weighted by Gasteiger charge is -2.32. The molecule has 1 N–H and O–H groups in total. The van der Waals surface area contributed by atoms with E-state index >= 15 is 0 Å². The van der Waals surface area contributed by atoms with Crippen LogP contribution in [0.15, 0.2) is 0 Å². The second-order valence-electron chi connectivity index (χ2n) is 3.61. The minimum absolute atomic E-state index is 0.316. The lowest BCUT2D eigenvalue weighted by atomic mass is 10.2. The van der Waals surface area contributed by atoms with Crippen molar-refractivity contribution in [1.29, 1.82) is 5.26 Å². The first-order chi connectivity index (χ1) is 6.86. The maximum atomic E-state index is 8.43. The van der Waals surface area contributed by atoms with E-state index in [-0.39, 0.29) is 0 Å². The molecule has 0 aromatic carbocycles. The molecule has 1 saturated heterocycles. The van der Waals surface area contributed by atoms with Crippen molar-refractivity contribution in [3.8, 4) is 6.07 Å². The molecule has 0 aliphatic carbocycles. The standard InChI is InChI=1S/C10H19N3O/c1-12-8-10-9-13(6-7-14-10)5-3-2-4-11/h10,12H,2-3,5-9H2,1H3. The van der Waals surface area contributed by atoms with Gasteiger partial charge in [0.1, 0.15) is 0 Å². The number of nitriles is 1. The van der Waals surface area contributed by atoms with Gasteiger partial charge in [-0.2, -0.15) is 5.26 Å². The van der Waals surface area contributed by atoms with Crippen molar-refractivity contribution in [2.45, 2.75) is 18.9 Å². The Morgan fingerprint density at radius 3 is 3.21 bits per heavy atom. The van der Waals surface area contributed by atoms with E-state index in [9.17, 15) is 0 Å². The molecule has 1 fully saturated rings. The maximum Gasteiger partial charge on any atom is 0.0826 e. The van der Waals surface area contributed by atoms with E-state index in [4.69, 9.17) is 10.00 Å². The molecule has 0 aromatic heterocycles. The molecule has 80 valence electrons. The molecular weight excluding hydrogens is 178 g/mol. The average Bonchev–Trinajstić information content (AvgIpc) is 2.19. The van der Waals surface area contributed by atoms with Crippen LogP contribution in [-0.2, 0) is 4.74 Å². The van der Waals surface area contributed by atoms with Crippen molar-refractivity contribution < 1.29 is 4.74 Å². The number of hydrogen-bond donors (Lipinski definition) is 1. The highest BCUT2D eigenvalue weighted by atomic mass is 16.5. The van der Waals surface area contributed by atoms with Gasteiger partial charge in [0, 0.05) is 26.1 Å². The van der Waals surface area contributed by atoms with Crippen LogP contribution in [0.3, 0.4) is 0 Å². The lowest BCUT2D eigenvalue weighted by Crippen LogP contribution is -2.46. The van der Waals surface area contributed by atoms with Gasteiger partial charge in [-0.05, 0) is 20.0 Å². The molecule has 4 nitrogen and oxygen atoms in total. The highest BCUT2D eigenvalue weighted by Crippen LogP contribution is 2.05. The molecule has 0 spiro atoms. The minimum atomic E-state index is 0.316. The molecule has 14 heavy (non-hydrogen) atoms. The van der Waals surface area contributed by atoms with Crippen LogP contribution in [0.25, 0.3) is 0 Å². The van der Waals surface area contributed by atoms with Crippen LogP contribution in [0, 0.1) is 11.3 Å². The summed E-state index contributed by atoms with van der Waals surface area (Å²) in [5, 5.41) is 11.5. The van der Waals surface area contributed by atoms with Gasteiger partial charge >= 0.3 is 0 Å². The summed E-state index contributed by atoms with van der Waals surface area (Å²) in [6.07, 6.45) is 1.95. The van der Waals surface area contributed by atoms with Gasteiger partial charge in [0.2, 0.25) is 0 Å². The second kappa shape index (κ2) is 6.77. The fraction of sp³-hybridized carbons (Fsp3) is 0.900. The van der Waals surface area contributed by atoms with Crippen LogP contribution < -0.4 is 5.32 Å². The van der Waals surface area contributed by atoms with E-state index in [1.165, 1.54) is 0 Å². The Morgan fingerprint density at radius 1 is 1.64 bits per heavy atom. The predicted octanol–water partition coefficient (Wildman–Crippen LogP) is 0.210. The Bertz CT molecular complexity index is 188. The van der Waals surface area contributed by atoms with Gasteiger partial charge in [-0.15, -0.1) is 0 Å². The Labute approximate surface area is 85.8 Å². The molecule has 1 heterocycles. The summed E-state index contributed by atoms with van der Waals surface area (Å²) in [6.45, 7) is 4.75. The summed E-state index contributed by atoms with van der Waals surface area (Å²) in [5.41, 5.74) is 0. The van der Waals surface area contributed by atoms with Gasteiger partial charge in [0.25, 0.3) is 0 Å². The van der Waals surface area contributed by atoms with E-state index in [1.807, 2.05) is 7.05 Å². The topological polar surface area (TPSA) is 48.3 Å². The fourth-order valence-electron chi connectivity index (χ4n) is 1.72. The van der Waals surface area contributed by atoms with Crippen LogP contribution in [-0.4, -0.2) is 50.8 Å². The molecule has 0 bridgehead atoms. The Morgan fingerprint density at radius 2 is 2.50 bits per heavy atom. The van der Waals surface area contributed by atoms with Crippen molar-refractivity contribution in [3.05, 3.63) is 0 Å². The molecular formula is C10H19N3O. The van der Waals surface area contributed by atoms with Gasteiger partial charge in [-0.1, -0.05) is 0 Å². The number of hydrogen-bond acceptors (Lipinski definition) is 4. The van der Waals surface area contributed by atoms with E-state index in [0.29, 0.717) is 12.5 Å². The molecule has 1 aliphatic rings. The third kappa shape index (κ3) is 4.05. The summed E-state index contributed by atoms with van der Waals surface area (Å²) in [7, 11) is 1.94. The quantitative estimate of drug-likeness (QED) is 0.640. The van der Waals surface area contributed by atoms with Gasteiger partial charge in [-0.25, -0.2) is 0 Å². The maximum absolute atomic E-state index is 8.43. The third-order valence-corrected chi connectivity index (χ3v) is 2.42. The minimum Gasteiger partial charge on any atom is -0.374 e. The smallest absolute Gasteiger partial charge is 0.0826 e. The van der Waals surface area contributed by atoms with E-state index in [0.717, 1.165) is 39.2 Å². The van der Waals surface area contributed by atoms with E-state index in [2.05, 4.69) is 16.3 Å². The molecule has 1 atom stereocenters. The first kappa shape index (κ1) is 11.4. The van der Waals surface area contributed by atoms with Crippen LogP contribution in [0.4, 0.5) is 0 Å². The zero-order valence-electron chi connectivity index (χ0n) is 8.83. The molecule has 1 unspecified atom stereocenters. The fourth-order valence-corrected chi connectivity index (χ4v) is 1.72. The normalized spacial score (nSPS) is 23.3. The summed E-state index contributed by atoms with van der Waals surface area (Å²) in [4.78, 5) is 2.38. The number of nitrogens with one attached hydrogen (secondary N) is 1. The van der Waals surface area contributed by atoms with Gasteiger partial charge in [-0.3, -0.25) is 4.90 Å². The first-order valence-corrected chi connectivity index (χ1v) is 5.22. The van der Waals surface area contributed by atoms with Crippen LogP contribution >= 0.6 is 0 Å². The summed E-state index contributed by atoms with van der Waals surface area (Å²) in [5.74, 6) is 0. The molecule has 0 amide bonds. The van der Waals surface area contributed by atoms with E-state index in [1.54, 1.807) is 0 Å². The average molecular weight is 197 g/mol. The number of ether oxygens (including phenoxy) is 1. The van der Waals surface area contributed by atoms with Crippen molar-refractivity contribution in [1.82, 2.24) is 10.2 Å². The largest absolute Gasteiger partial charge is 0.374 e. The van der Waals surface area contributed by atoms with Crippen molar-refractivity contribution in [2.24, 2.45) is 0 Å². The molecule has 4 heteroatoms. The zero-order valence-corrected chi connectivity index (χ0v) is 8.83. The molecule has 0 aromatic rings. The van der Waals surface area contributed by atoms with Crippen LogP contribution in [0.2, 0.25) is 0 Å². The number of rotatable bonds is 5. The highest BCUT2D eigenvalue weighted by Gasteiger charge is 2.18. The highest BCUT2D eigenvalue weighted by molar-refractivity contribution is 4.75. The Hall–Kier alpha value is -0.630. The van der Waals surface area contributed by atoms with Crippen molar-refractivity contribution in [2.75, 3.05) is 39.8 Å². The molecule has 1 rings (SSSR count). The van der Waals surface area contributed by atoms with Crippen LogP contribution in [0.1, 0.15) is 12.8 Å². The zero-order chi connectivity index (χ0) is 10.2. The SMILES string of the molecule is CNCC1CN(CCCC#N)CCO1. The van der Waals surface area contributed by atoms with Crippen LogP contribution in [0.5, 0.6) is 0 Å². The first-order valence-electron chi connectivity index (χ1n) is 5.22. The van der Waals surface area contributed by atoms with E-state index < -0.39 is 0 Å². The number of nitrogens with zero attached hydrogens (tertiary/aromatic N) is 2. The van der Waals surface area contributed by atoms with Gasteiger partial charge < -0.3 is 10.1 Å². The Kier molecular flexibility index (Phi) is 5.53. The number of unbranched alkanes of at least 4 members (excludes halogenated alkanes) is 1. The third-order valence-electron chi connectivity index (χ3n) is 2.42. The second-order valence-corrected chi connectivity index (χ2v) is 3.61. The number of morpholine rings is 1. The number of likely N-dealkylation sites (N-methyl/N-ethyl adjacent to an activating group) is 1.